The van der Waals surface area contributed by atoms with Crippen molar-refractivity contribution in [3.05, 3.63) is 58.4 Å². The van der Waals surface area contributed by atoms with Gasteiger partial charge in [-0.25, -0.2) is 4.79 Å². The summed E-state index contributed by atoms with van der Waals surface area (Å²) in [4.78, 5) is 35.6. The number of benzene rings is 1. The minimum Gasteiger partial charge on any atom is -0.453 e. The summed E-state index contributed by atoms with van der Waals surface area (Å²) < 4.78 is 6.61. The predicted molar refractivity (Wildman–Crippen MR) is 85.9 cm³/mol. The van der Waals surface area contributed by atoms with Crippen molar-refractivity contribution in [3.8, 4) is 0 Å². The van der Waals surface area contributed by atoms with E-state index in [9.17, 15) is 14.4 Å². The molecule has 5 heteroatoms. The SMILES string of the molecule is CC(=O)c1cc(C(=O)OCC(=O)c2cc(C)ccc2C)n(C)c1. The minimum atomic E-state index is -0.626. The summed E-state index contributed by atoms with van der Waals surface area (Å²) in [5.74, 6) is -1.01. The molecule has 120 valence electrons. The van der Waals surface area contributed by atoms with E-state index in [0.717, 1.165) is 11.1 Å². The van der Waals surface area contributed by atoms with Gasteiger partial charge < -0.3 is 9.30 Å². The van der Waals surface area contributed by atoms with Gasteiger partial charge in [-0.3, -0.25) is 9.59 Å². The second-order valence-electron chi connectivity index (χ2n) is 5.60. The first-order chi connectivity index (χ1) is 10.8. The second-order valence-corrected chi connectivity index (χ2v) is 5.60. The van der Waals surface area contributed by atoms with Crippen LogP contribution in [0.25, 0.3) is 0 Å². The Labute approximate surface area is 134 Å². The molecule has 0 saturated heterocycles. The lowest BCUT2D eigenvalue weighted by molar-refractivity contribution is 0.0465. The predicted octanol–water partition coefficient (Wildman–Crippen LogP) is 2.88. The molecule has 0 N–H and O–H groups in total. The quantitative estimate of drug-likeness (QED) is 0.629. The lowest BCUT2D eigenvalue weighted by Crippen LogP contribution is -2.17. The van der Waals surface area contributed by atoms with Crippen LogP contribution in [-0.4, -0.2) is 28.7 Å². The van der Waals surface area contributed by atoms with Crippen LogP contribution in [0.15, 0.2) is 30.5 Å². The second kappa shape index (κ2) is 6.60. The van der Waals surface area contributed by atoms with E-state index >= 15 is 0 Å². The topological polar surface area (TPSA) is 65.4 Å². The highest BCUT2D eigenvalue weighted by atomic mass is 16.5. The number of carbonyl (C=O) groups excluding carboxylic acids is 3. The summed E-state index contributed by atoms with van der Waals surface area (Å²) >= 11 is 0. The summed E-state index contributed by atoms with van der Waals surface area (Å²) in [6.07, 6.45) is 1.56. The first kappa shape index (κ1) is 16.7. The van der Waals surface area contributed by atoms with Crippen LogP contribution >= 0.6 is 0 Å². The molecule has 23 heavy (non-hydrogen) atoms. The van der Waals surface area contributed by atoms with E-state index in [1.807, 2.05) is 26.0 Å². The molecule has 2 rings (SSSR count). The van der Waals surface area contributed by atoms with Crippen molar-refractivity contribution in [2.45, 2.75) is 20.8 Å². The molecule has 1 heterocycles. The molecule has 0 bridgehead atoms. The molecule has 0 aliphatic carbocycles. The van der Waals surface area contributed by atoms with Crippen LogP contribution in [0.4, 0.5) is 0 Å². The van der Waals surface area contributed by atoms with Gasteiger partial charge in [0.15, 0.2) is 12.4 Å². The normalized spacial score (nSPS) is 10.4. The Bertz CT molecular complexity index is 786. The summed E-state index contributed by atoms with van der Waals surface area (Å²) in [6.45, 7) is 4.83. The largest absolute Gasteiger partial charge is 0.453 e. The maximum Gasteiger partial charge on any atom is 0.355 e. The van der Waals surface area contributed by atoms with E-state index in [0.29, 0.717) is 11.1 Å². The van der Waals surface area contributed by atoms with Crippen LogP contribution in [0, 0.1) is 13.8 Å². The first-order valence-electron chi connectivity index (χ1n) is 7.24. The molecule has 0 radical (unpaired) electrons. The molecule has 0 atom stereocenters. The molecular weight excluding hydrogens is 294 g/mol. The van der Waals surface area contributed by atoms with Gasteiger partial charge in [-0.05, 0) is 38.5 Å². The Morgan fingerprint density at radius 1 is 1.13 bits per heavy atom. The maximum atomic E-state index is 12.2. The molecule has 0 amide bonds. The number of aryl methyl sites for hydroxylation is 3. The van der Waals surface area contributed by atoms with Gasteiger partial charge in [-0.15, -0.1) is 0 Å². The van der Waals surface area contributed by atoms with Crippen molar-refractivity contribution in [2.75, 3.05) is 6.61 Å². The molecule has 0 spiro atoms. The highest BCUT2D eigenvalue weighted by molar-refractivity contribution is 6.01. The van der Waals surface area contributed by atoms with E-state index in [1.165, 1.54) is 17.6 Å². The van der Waals surface area contributed by atoms with E-state index in [2.05, 4.69) is 0 Å². The van der Waals surface area contributed by atoms with Gasteiger partial charge in [0.2, 0.25) is 5.78 Å². The number of hydrogen-bond donors (Lipinski definition) is 0. The zero-order chi connectivity index (χ0) is 17.1. The third kappa shape index (κ3) is 3.74. The van der Waals surface area contributed by atoms with Gasteiger partial charge in [0.25, 0.3) is 0 Å². The zero-order valence-electron chi connectivity index (χ0n) is 13.7. The van der Waals surface area contributed by atoms with Crippen molar-refractivity contribution in [1.82, 2.24) is 4.57 Å². The minimum absolute atomic E-state index is 0.133. The van der Waals surface area contributed by atoms with Gasteiger partial charge in [0.1, 0.15) is 5.69 Å². The number of carbonyl (C=O) groups is 3. The van der Waals surface area contributed by atoms with Gasteiger partial charge >= 0.3 is 5.97 Å². The molecule has 1 aromatic heterocycles. The van der Waals surface area contributed by atoms with Crippen LogP contribution in [0.3, 0.4) is 0 Å². The summed E-state index contributed by atoms with van der Waals surface area (Å²) in [5.41, 5.74) is 3.03. The van der Waals surface area contributed by atoms with Gasteiger partial charge in [0, 0.05) is 24.4 Å². The third-order valence-electron chi connectivity index (χ3n) is 3.65. The lowest BCUT2D eigenvalue weighted by Gasteiger charge is -2.08. The fourth-order valence-electron chi connectivity index (χ4n) is 2.28. The standard InChI is InChI=1S/C18H19NO4/c1-11-5-6-12(2)15(7-11)17(21)10-23-18(22)16-8-14(13(3)20)9-19(16)4/h5-9H,10H2,1-4H3. The monoisotopic (exact) mass is 313 g/mol. The maximum absolute atomic E-state index is 12.2. The number of ether oxygens (including phenoxy) is 1. The zero-order valence-corrected chi connectivity index (χ0v) is 13.7. The van der Waals surface area contributed by atoms with E-state index in [-0.39, 0.29) is 23.9 Å². The molecule has 1 aromatic carbocycles. The molecular formula is C18H19NO4. The Balaban J connectivity index is 2.08. The van der Waals surface area contributed by atoms with Crippen molar-refractivity contribution in [2.24, 2.45) is 7.05 Å². The highest BCUT2D eigenvalue weighted by Gasteiger charge is 2.17. The summed E-state index contributed by atoms with van der Waals surface area (Å²) in [7, 11) is 1.65. The van der Waals surface area contributed by atoms with E-state index in [1.54, 1.807) is 19.3 Å². The third-order valence-corrected chi connectivity index (χ3v) is 3.65. The average Bonchev–Trinajstić information content (AvgIpc) is 2.89. The molecule has 0 saturated carbocycles. The lowest BCUT2D eigenvalue weighted by atomic mass is 10.0. The van der Waals surface area contributed by atoms with Gasteiger partial charge in [-0.1, -0.05) is 17.7 Å². The molecule has 5 nitrogen and oxygen atoms in total. The van der Waals surface area contributed by atoms with Crippen LogP contribution in [0.1, 0.15) is 49.3 Å². The number of Topliss-reactive ketones (excluding diaryl/α,β-unsaturated/α-hetero) is 2. The molecule has 0 aliphatic heterocycles. The first-order valence-corrected chi connectivity index (χ1v) is 7.24. The van der Waals surface area contributed by atoms with Crippen LogP contribution in [0.2, 0.25) is 0 Å². The fourth-order valence-corrected chi connectivity index (χ4v) is 2.28. The van der Waals surface area contributed by atoms with Crippen LogP contribution < -0.4 is 0 Å². The molecule has 0 aliphatic rings. The number of nitrogens with zero attached hydrogens (tertiary/aromatic N) is 1. The number of esters is 1. The molecule has 2 aromatic rings. The van der Waals surface area contributed by atoms with Crippen molar-refractivity contribution >= 4 is 17.5 Å². The Morgan fingerprint density at radius 2 is 1.83 bits per heavy atom. The Hall–Kier alpha value is -2.69. The fraction of sp³-hybridized carbons (Fsp3) is 0.278. The molecule has 0 unspecified atom stereocenters. The highest BCUT2D eigenvalue weighted by Crippen LogP contribution is 2.13. The van der Waals surface area contributed by atoms with Crippen molar-refractivity contribution < 1.29 is 19.1 Å². The smallest absolute Gasteiger partial charge is 0.355 e. The average molecular weight is 313 g/mol. The van der Waals surface area contributed by atoms with Gasteiger partial charge in [0.05, 0.1) is 0 Å². The van der Waals surface area contributed by atoms with E-state index < -0.39 is 5.97 Å². The molecule has 0 fully saturated rings. The van der Waals surface area contributed by atoms with Crippen LogP contribution in [-0.2, 0) is 11.8 Å². The number of ketones is 2. The number of hydrogen-bond acceptors (Lipinski definition) is 4. The van der Waals surface area contributed by atoms with Crippen molar-refractivity contribution in [1.29, 1.82) is 0 Å². The Kier molecular flexibility index (Phi) is 4.79. The number of rotatable bonds is 5. The van der Waals surface area contributed by atoms with Crippen molar-refractivity contribution in [3.63, 3.8) is 0 Å². The van der Waals surface area contributed by atoms with Crippen LogP contribution in [0.5, 0.6) is 0 Å². The van der Waals surface area contributed by atoms with E-state index in [4.69, 9.17) is 4.74 Å². The Morgan fingerprint density at radius 3 is 2.43 bits per heavy atom. The van der Waals surface area contributed by atoms with Gasteiger partial charge in [-0.2, -0.15) is 0 Å². The number of aromatic nitrogens is 1. The summed E-state index contributed by atoms with van der Waals surface area (Å²) in [5, 5.41) is 0. The summed E-state index contributed by atoms with van der Waals surface area (Å²) in [6, 6.07) is 7.03.